The molecule has 2 aromatic rings. The largest absolute Gasteiger partial charge is 0.330 e. The van der Waals surface area contributed by atoms with Gasteiger partial charge in [0.05, 0.1) is 5.02 Å². The molecule has 2 aromatic carbocycles. The van der Waals surface area contributed by atoms with E-state index in [4.69, 9.17) is 28.9 Å². The predicted molar refractivity (Wildman–Crippen MR) is 82.4 cm³/mol. The molecule has 0 aliphatic rings. The van der Waals surface area contributed by atoms with Gasteiger partial charge in [-0.15, -0.1) is 0 Å². The maximum absolute atomic E-state index is 6.42. The number of rotatable bonds is 3. The van der Waals surface area contributed by atoms with Crippen molar-refractivity contribution in [2.75, 3.05) is 6.54 Å². The molecule has 0 radical (unpaired) electrons. The Kier molecular flexibility index (Phi) is 4.68. The van der Waals surface area contributed by atoms with E-state index in [0.717, 1.165) is 21.2 Å². The lowest BCUT2D eigenvalue weighted by atomic mass is 10.0. The first kappa shape index (κ1) is 13.9. The van der Waals surface area contributed by atoms with Crippen molar-refractivity contribution in [2.24, 2.45) is 5.73 Å². The average Bonchev–Trinajstić information content (AvgIpc) is 2.36. The normalized spacial score (nSPS) is 10.7. The molecule has 1 nitrogen and oxygen atoms in total. The Morgan fingerprint density at radius 1 is 1.00 bits per heavy atom. The van der Waals surface area contributed by atoms with Crippen LogP contribution >= 0.6 is 39.1 Å². The van der Waals surface area contributed by atoms with Crippen LogP contribution in [0.3, 0.4) is 0 Å². The number of halogens is 3. The van der Waals surface area contributed by atoms with E-state index in [1.54, 1.807) is 0 Å². The van der Waals surface area contributed by atoms with Gasteiger partial charge in [0.15, 0.2) is 0 Å². The molecule has 0 saturated carbocycles. The van der Waals surface area contributed by atoms with Gasteiger partial charge in [-0.2, -0.15) is 0 Å². The topological polar surface area (TPSA) is 26.0 Å². The molecule has 4 heteroatoms. The third-order valence-electron chi connectivity index (χ3n) is 2.74. The molecule has 2 rings (SSSR count). The van der Waals surface area contributed by atoms with Crippen molar-refractivity contribution < 1.29 is 0 Å². The van der Waals surface area contributed by atoms with Crippen molar-refractivity contribution in [3.8, 4) is 11.1 Å². The minimum atomic E-state index is 0.531. The monoisotopic (exact) mass is 343 g/mol. The van der Waals surface area contributed by atoms with Crippen molar-refractivity contribution in [1.82, 2.24) is 0 Å². The van der Waals surface area contributed by atoms with Crippen LogP contribution in [-0.2, 0) is 6.42 Å². The summed E-state index contributed by atoms with van der Waals surface area (Å²) in [5.74, 6) is 0. The summed E-state index contributed by atoms with van der Waals surface area (Å²) in [7, 11) is 0. The van der Waals surface area contributed by atoms with Crippen LogP contribution in [0.25, 0.3) is 11.1 Å². The van der Waals surface area contributed by atoms with Crippen molar-refractivity contribution >= 4 is 39.1 Å². The number of benzene rings is 2. The fourth-order valence-corrected chi connectivity index (χ4v) is 2.76. The Morgan fingerprint density at radius 2 is 1.67 bits per heavy atom. The molecule has 0 spiro atoms. The highest BCUT2D eigenvalue weighted by atomic mass is 79.9. The second-order valence-electron chi connectivity index (χ2n) is 3.93. The molecule has 0 heterocycles. The highest BCUT2D eigenvalue weighted by molar-refractivity contribution is 9.10. The Labute approximate surface area is 125 Å². The molecule has 0 amide bonds. The third kappa shape index (κ3) is 2.89. The number of hydrogen-bond acceptors (Lipinski definition) is 1. The van der Waals surface area contributed by atoms with Gasteiger partial charge in [-0.05, 0) is 42.3 Å². The van der Waals surface area contributed by atoms with Crippen LogP contribution in [0.4, 0.5) is 0 Å². The summed E-state index contributed by atoms with van der Waals surface area (Å²) in [6.45, 7) is 0.531. The van der Waals surface area contributed by atoms with Gasteiger partial charge >= 0.3 is 0 Å². The first-order valence-corrected chi connectivity index (χ1v) is 7.11. The highest BCUT2D eigenvalue weighted by Crippen LogP contribution is 2.35. The van der Waals surface area contributed by atoms with Gasteiger partial charge < -0.3 is 5.73 Å². The molecule has 2 N–H and O–H groups in total. The molecule has 0 aliphatic heterocycles. The second-order valence-corrected chi connectivity index (χ2v) is 5.63. The van der Waals surface area contributed by atoms with Gasteiger partial charge in [-0.1, -0.05) is 57.3 Å². The molecule has 0 atom stereocenters. The summed E-state index contributed by atoms with van der Waals surface area (Å²) in [4.78, 5) is 0. The van der Waals surface area contributed by atoms with E-state index in [9.17, 15) is 0 Å². The molecule has 0 aromatic heterocycles. The van der Waals surface area contributed by atoms with Crippen LogP contribution in [-0.4, -0.2) is 6.54 Å². The van der Waals surface area contributed by atoms with E-state index in [0.29, 0.717) is 23.0 Å². The Morgan fingerprint density at radius 3 is 2.28 bits per heavy atom. The van der Waals surface area contributed by atoms with Crippen LogP contribution in [0.15, 0.2) is 40.9 Å². The van der Waals surface area contributed by atoms with Crippen molar-refractivity contribution in [1.29, 1.82) is 0 Å². The van der Waals surface area contributed by atoms with E-state index in [-0.39, 0.29) is 0 Å². The summed E-state index contributed by atoms with van der Waals surface area (Å²) in [5, 5.41) is 1.36. The average molecular weight is 345 g/mol. The fourth-order valence-electron chi connectivity index (χ4n) is 1.82. The SMILES string of the molecule is NCCc1c(Cl)ccc(-c2ccc(Br)cc2)c1Cl. The van der Waals surface area contributed by atoms with Crippen LogP contribution in [0, 0.1) is 0 Å². The Bertz CT molecular complexity index is 552. The Balaban J connectivity index is 2.51. The zero-order valence-corrected chi connectivity index (χ0v) is 12.7. The molecule has 0 fully saturated rings. The molecule has 94 valence electrons. The van der Waals surface area contributed by atoms with E-state index in [2.05, 4.69) is 15.9 Å². The first-order valence-electron chi connectivity index (χ1n) is 5.56. The second kappa shape index (κ2) is 6.07. The van der Waals surface area contributed by atoms with Gasteiger partial charge in [0.1, 0.15) is 0 Å². The molecule has 0 unspecified atom stereocenters. The van der Waals surface area contributed by atoms with Crippen molar-refractivity contribution in [2.45, 2.75) is 6.42 Å². The summed E-state index contributed by atoms with van der Waals surface area (Å²) in [6, 6.07) is 11.8. The highest BCUT2D eigenvalue weighted by Gasteiger charge is 2.11. The van der Waals surface area contributed by atoms with Gasteiger partial charge in [0, 0.05) is 15.1 Å². The van der Waals surface area contributed by atoms with E-state index < -0.39 is 0 Å². The lowest BCUT2D eigenvalue weighted by molar-refractivity contribution is 0.969. The standard InChI is InChI=1S/C14H12BrCl2N/c15-10-3-1-9(2-4-10)11-5-6-13(16)12(7-8-18)14(11)17/h1-6H,7-8,18H2. The molecule has 0 aliphatic carbocycles. The third-order valence-corrected chi connectivity index (χ3v) is 4.05. The number of hydrogen-bond donors (Lipinski definition) is 1. The molecular weight excluding hydrogens is 333 g/mol. The minimum Gasteiger partial charge on any atom is -0.330 e. The summed E-state index contributed by atoms with van der Waals surface area (Å²) < 4.78 is 1.04. The molecular formula is C14H12BrCl2N. The maximum atomic E-state index is 6.42. The van der Waals surface area contributed by atoms with Crippen molar-refractivity contribution in [3.05, 3.63) is 56.5 Å². The summed E-state index contributed by atoms with van der Waals surface area (Å²) >= 11 is 16.0. The lowest BCUT2D eigenvalue weighted by Crippen LogP contribution is -2.04. The van der Waals surface area contributed by atoms with Crippen LogP contribution < -0.4 is 5.73 Å². The Hall–Kier alpha value is -0.540. The maximum Gasteiger partial charge on any atom is 0.0531 e. The summed E-state index contributed by atoms with van der Waals surface area (Å²) in [5.41, 5.74) is 8.55. The predicted octanol–water partition coefficient (Wildman–Crippen LogP) is 4.92. The van der Waals surface area contributed by atoms with Crippen LogP contribution in [0.2, 0.25) is 10.0 Å². The quantitative estimate of drug-likeness (QED) is 0.839. The molecule has 0 saturated heterocycles. The van der Waals surface area contributed by atoms with Crippen LogP contribution in [0.1, 0.15) is 5.56 Å². The first-order chi connectivity index (χ1) is 8.63. The number of nitrogens with two attached hydrogens (primary N) is 1. The van der Waals surface area contributed by atoms with Gasteiger partial charge in [-0.3, -0.25) is 0 Å². The zero-order valence-electron chi connectivity index (χ0n) is 9.59. The van der Waals surface area contributed by atoms with Crippen LogP contribution in [0.5, 0.6) is 0 Å². The molecule has 0 bridgehead atoms. The van der Waals surface area contributed by atoms with Crippen molar-refractivity contribution in [3.63, 3.8) is 0 Å². The van der Waals surface area contributed by atoms with Gasteiger partial charge in [0.2, 0.25) is 0 Å². The van der Waals surface area contributed by atoms with E-state index >= 15 is 0 Å². The van der Waals surface area contributed by atoms with E-state index in [1.807, 2.05) is 36.4 Å². The molecule has 18 heavy (non-hydrogen) atoms. The van der Waals surface area contributed by atoms with Gasteiger partial charge in [-0.25, -0.2) is 0 Å². The minimum absolute atomic E-state index is 0.531. The van der Waals surface area contributed by atoms with Gasteiger partial charge in [0.25, 0.3) is 0 Å². The van der Waals surface area contributed by atoms with E-state index in [1.165, 1.54) is 0 Å². The fraction of sp³-hybridized carbons (Fsp3) is 0.143. The lowest BCUT2D eigenvalue weighted by Gasteiger charge is -2.11. The zero-order chi connectivity index (χ0) is 13.1. The summed E-state index contributed by atoms with van der Waals surface area (Å²) in [6.07, 6.45) is 0.683. The smallest absolute Gasteiger partial charge is 0.0531 e.